The van der Waals surface area contributed by atoms with Crippen LogP contribution in [0.4, 0.5) is 5.82 Å². The maximum atomic E-state index is 13.1. The number of benzene rings is 2. The number of ether oxygens (including phenoxy) is 3. The number of pyridine rings is 1. The van der Waals surface area contributed by atoms with Gasteiger partial charge in [-0.2, -0.15) is 0 Å². The Hall–Kier alpha value is -4.10. The first-order valence-electron chi connectivity index (χ1n) is 17.0. The van der Waals surface area contributed by atoms with E-state index in [0.717, 1.165) is 81.3 Å². The van der Waals surface area contributed by atoms with Crippen LogP contribution in [0, 0.1) is 5.92 Å². The van der Waals surface area contributed by atoms with Crippen LogP contribution in [0.15, 0.2) is 48.5 Å². The van der Waals surface area contributed by atoms with E-state index in [4.69, 9.17) is 19.2 Å². The van der Waals surface area contributed by atoms with Crippen molar-refractivity contribution < 1.29 is 28.6 Å². The van der Waals surface area contributed by atoms with Gasteiger partial charge in [0.05, 0.1) is 31.4 Å². The van der Waals surface area contributed by atoms with Crippen LogP contribution in [0.1, 0.15) is 34.3 Å². The first kappa shape index (κ1) is 31.2. The second-order valence-corrected chi connectivity index (χ2v) is 13.7. The number of nitrogens with zero attached hydrogens (tertiary/aromatic N) is 5. The fraction of sp³-hybridized carbons (Fsp3) is 0.500. The van der Waals surface area contributed by atoms with E-state index in [-0.39, 0.29) is 30.3 Å². The van der Waals surface area contributed by atoms with E-state index >= 15 is 0 Å². The number of piperazine rings is 1. The minimum atomic E-state index is -0.636. The lowest BCUT2D eigenvalue weighted by molar-refractivity contribution is -0.136. The van der Waals surface area contributed by atoms with Crippen molar-refractivity contribution in [1.82, 2.24) is 25.0 Å². The normalized spacial score (nSPS) is 25.4. The van der Waals surface area contributed by atoms with E-state index in [0.29, 0.717) is 36.9 Å². The highest BCUT2D eigenvalue weighted by atomic mass is 16.5. The number of hydrogen-bond donors (Lipinski definition) is 1. The van der Waals surface area contributed by atoms with Crippen molar-refractivity contribution in [2.75, 3.05) is 71.1 Å². The highest BCUT2D eigenvalue weighted by molar-refractivity contribution is 6.05. The van der Waals surface area contributed by atoms with Gasteiger partial charge >= 0.3 is 0 Å². The van der Waals surface area contributed by atoms with Crippen molar-refractivity contribution in [3.8, 4) is 5.75 Å². The number of methoxy groups -OCH3 is 1. The zero-order valence-electron chi connectivity index (χ0n) is 27.3. The standard InChI is InChI=1S/C36H42N6O6/c1-46-20-26-17-39(16-23-2-6-30-24(14-23)3-8-33(37-30)41-12-10-40(11-13-41)27-21-47-22-27)19-32(26)48-28-4-5-29-25(15-28)18-42(36(29)45)31-7-9-34(43)38-35(31)44/h2-6,8,14-15,26-27,31-32H,7,9-13,16-22H2,1H3,(H,38,43,44)/t26-,31-,32+/m0/s1. The fourth-order valence-electron chi connectivity index (χ4n) is 7.81. The first-order chi connectivity index (χ1) is 23.4. The lowest BCUT2D eigenvalue weighted by Gasteiger charge is -2.42. The van der Waals surface area contributed by atoms with Crippen molar-refractivity contribution in [1.29, 1.82) is 0 Å². The molecule has 12 nitrogen and oxygen atoms in total. The van der Waals surface area contributed by atoms with Gasteiger partial charge < -0.3 is 24.0 Å². The number of aromatic nitrogens is 1. The quantitative estimate of drug-likeness (QED) is 0.344. The summed E-state index contributed by atoms with van der Waals surface area (Å²) in [6, 6.07) is 16.4. The van der Waals surface area contributed by atoms with E-state index in [1.54, 1.807) is 18.1 Å². The number of fused-ring (bicyclic) bond motifs is 2. The molecular weight excluding hydrogens is 612 g/mol. The van der Waals surface area contributed by atoms with Crippen LogP contribution in [-0.4, -0.2) is 122 Å². The lowest BCUT2D eigenvalue weighted by Crippen LogP contribution is -2.56. The van der Waals surface area contributed by atoms with Crippen LogP contribution in [0.25, 0.3) is 10.9 Å². The summed E-state index contributed by atoms with van der Waals surface area (Å²) >= 11 is 0. The third-order valence-electron chi connectivity index (χ3n) is 10.5. The molecule has 252 valence electrons. The van der Waals surface area contributed by atoms with E-state index in [2.05, 4.69) is 50.3 Å². The van der Waals surface area contributed by atoms with E-state index in [1.807, 2.05) is 12.1 Å². The molecule has 1 N–H and O–H groups in total. The van der Waals surface area contributed by atoms with Crippen LogP contribution in [0.2, 0.25) is 0 Å². The summed E-state index contributed by atoms with van der Waals surface area (Å²) in [5.41, 5.74) is 3.65. The molecule has 5 aliphatic heterocycles. The largest absolute Gasteiger partial charge is 0.489 e. The molecule has 3 amide bonds. The molecule has 3 atom stereocenters. The SMILES string of the molecule is COC[C@@H]1CN(Cc2ccc3nc(N4CCN(C5COC5)CC4)ccc3c2)C[C@H]1Oc1ccc2c(c1)CN([C@H]1CCC(=O)NC1=O)C2=O. The lowest BCUT2D eigenvalue weighted by atomic mass is 10.0. The number of anilines is 1. The Balaban J connectivity index is 0.899. The van der Waals surface area contributed by atoms with Gasteiger partial charge in [-0.1, -0.05) is 6.07 Å². The number of imide groups is 1. The molecule has 0 bridgehead atoms. The topological polar surface area (TPSA) is 117 Å². The van der Waals surface area contributed by atoms with Crippen molar-refractivity contribution in [3.05, 3.63) is 65.2 Å². The average molecular weight is 655 g/mol. The number of carbonyl (C=O) groups is 3. The Bertz CT molecular complexity index is 1720. The van der Waals surface area contributed by atoms with Crippen LogP contribution < -0.4 is 15.0 Å². The highest BCUT2D eigenvalue weighted by Gasteiger charge is 2.40. The third-order valence-corrected chi connectivity index (χ3v) is 10.5. The molecule has 5 aliphatic rings. The Morgan fingerprint density at radius 2 is 1.83 bits per heavy atom. The van der Waals surface area contributed by atoms with Gasteiger partial charge in [-0.05, 0) is 60.0 Å². The third kappa shape index (κ3) is 6.13. The van der Waals surface area contributed by atoms with Gasteiger partial charge in [0.1, 0.15) is 23.7 Å². The van der Waals surface area contributed by atoms with Gasteiger partial charge in [0.15, 0.2) is 0 Å². The highest BCUT2D eigenvalue weighted by Crippen LogP contribution is 2.32. The number of nitrogens with one attached hydrogen (secondary N) is 1. The molecule has 8 rings (SSSR count). The number of rotatable bonds is 9. The van der Waals surface area contributed by atoms with Gasteiger partial charge in [-0.25, -0.2) is 4.98 Å². The molecule has 0 spiro atoms. The molecule has 0 radical (unpaired) electrons. The van der Waals surface area contributed by atoms with Gasteiger partial charge in [-0.3, -0.25) is 29.5 Å². The molecular formula is C36H42N6O6. The number of piperidine rings is 1. The zero-order chi connectivity index (χ0) is 32.8. The number of amides is 3. The van der Waals surface area contributed by atoms with Crippen LogP contribution in [-0.2, 0) is 32.2 Å². The predicted octanol–water partition coefficient (Wildman–Crippen LogP) is 2.04. The summed E-state index contributed by atoms with van der Waals surface area (Å²) < 4.78 is 17.5. The van der Waals surface area contributed by atoms with Crippen LogP contribution >= 0.6 is 0 Å². The van der Waals surface area contributed by atoms with Gasteiger partial charge in [-0.15, -0.1) is 0 Å². The summed E-state index contributed by atoms with van der Waals surface area (Å²) in [6.45, 7) is 9.09. The van der Waals surface area contributed by atoms with Crippen molar-refractivity contribution >= 4 is 34.4 Å². The van der Waals surface area contributed by atoms with E-state index in [1.165, 1.54) is 5.56 Å². The molecule has 12 heteroatoms. The molecule has 4 saturated heterocycles. The van der Waals surface area contributed by atoms with Crippen molar-refractivity contribution in [3.63, 3.8) is 0 Å². The van der Waals surface area contributed by atoms with Gasteiger partial charge in [0.2, 0.25) is 11.8 Å². The molecule has 1 aromatic heterocycles. The summed E-state index contributed by atoms with van der Waals surface area (Å²) in [7, 11) is 1.72. The van der Waals surface area contributed by atoms with Gasteiger partial charge in [0, 0.05) is 82.8 Å². The Labute approximate surface area is 279 Å². The summed E-state index contributed by atoms with van der Waals surface area (Å²) in [4.78, 5) is 51.1. The zero-order valence-corrected chi connectivity index (χ0v) is 27.3. The Morgan fingerprint density at radius 1 is 0.979 bits per heavy atom. The minimum Gasteiger partial charge on any atom is -0.489 e. The molecule has 0 saturated carbocycles. The monoisotopic (exact) mass is 654 g/mol. The van der Waals surface area contributed by atoms with Crippen LogP contribution in [0.3, 0.4) is 0 Å². The average Bonchev–Trinajstić information content (AvgIpc) is 3.59. The summed E-state index contributed by atoms with van der Waals surface area (Å²) in [6.07, 6.45) is 0.498. The second kappa shape index (κ2) is 13.1. The maximum Gasteiger partial charge on any atom is 0.255 e. The molecule has 0 aliphatic carbocycles. The first-order valence-corrected chi connectivity index (χ1v) is 17.0. The van der Waals surface area contributed by atoms with Crippen molar-refractivity contribution in [2.45, 2.75) is 44.1 Å². The summed E-state index contributed by atoms with van der Waals surface area (Å²) in [5.74, 6) is 1.04. The van der Waals surface area contributed by atoms with Crippen molar-refractivity contribution in [2.24, 2.45) is 5.92 Å². The van der Waals surface area contributed by atoms with Gasteiger partial charge in [0.25, 0.3) is 5.91 Å². The fourth-order valence-corrected chi connectivity index (χ4v) is 7.81. The molecule has 4 fully saturated rings. The predicted molar refractivity (Wildman–Crippen MR) is 178 cm³/mol. The molecule has 48 heavy (non-hydrogen) atoms. The minimum absolute atomic E-state index is 0.0756. The Kier molecular flexibility index (Phi) is 8.49. The molecule has 2 aromatic carbocycles. The summed E-state index contributed by atoms with van der Waals surface area (Å²) in [5, 5.41) is 3.50. The number of hydrogen-bond acceptors (Lipinski definition) is 10. The van der Waals surface area contributed by atoms with E-state index in [9.17, 15) is 14.4 Å². The van der Waals surface area contributed by atoms with Crippen LogP contribution in [0.5, 0.6) is 5.75 Å². The Morgan fingerprint density at radius 3 is 2.60 bits per heavy atom. The maximum absolute atomic E-state index is 13.1. The number of likely N-dealkylation sites (tertiary alicyclic amines) is 1. The molecule has 6 heterocycles. The molecule has 3 aromatic rings. The second-order valence-electron chi connectivity index (χ2n) is 13.7. The van der Waals surface area contributed by atoms with E-state index < -0.39 is 11.9 Å². The molecule has 0 unspecified atom stereocenters. The smallest absolute Gasteiger partial charge is 0.255 e. The number of carbonyl (C=O) groups excluding carboxylic acids is 3.